The van der Waals surface area contributed by atoms with Gasteiger partial charge in [0.15, 0.2) is 5.78 Å². The van der Waals surface area contributed by atoms with Gasteiger partial charge in [-0.15, -0.1) is 0 Å². The highest BCUT2D eigenvalue weighted by atomic mass is 32.2. The molecule has 1 aromatic carbocycles. The van der Waals surface area contributed by atoms with Gasteiger partial charge in [0, 0.05) is 12.2 Å². The Balaban J connectivity index is 2.13. The van der Waals surface area contributed by atoms with E-state index in [1.54, 1.807) is 24.3 Å². The lowest BCUT2D eigenvalue weighted by molar-refractivity contribution is 0.101. The number of carbonyl (C=O) groups excluding carboxylic acids is 1. The van der Waals surface area contributed by atoms with Gasteiger partial charge >= 0.3 is 0 Å². The third-order valence-electron chi connectivity index (χ3n) is 3.00. The topological polar surface area (TPSA) is 72.5 Å². The lowest BCUT2D eigenvalue weighted by Gasteiger charge is -2.13. The fourth-order valence-corrected chi connectivity index (χ4v) is 3.46. The fraction of sp³-hybridized carbons (Fsp3) is 0.462. The van der Waals surface area contributed by atoms with Crippen molar-refractivity contribution < 1.29 is 17.9 Å². The van der Waals surface area contributed by atoms with Gasteiger partial charge in [0.25, 0.3) is 0 Å². The van der Waals surface area contributed by atoms with Gasteiger partial charge in [-0.1, -0.05) is 12.1 Å². The Kier molecular flexibility index (Phi) is 4.21. The Hall–Kier alpha value is -1.40. The summed E-state index contributed by atoms with van der Waals surface area (Å²) in [6.07, 6.45) is 1.40. The summed E-state index contributed by atoms with van der Waals surface area (Å²) in [4.78, 5) is 11.4. The number of nitrogens with one attached hydrogen (secondary N) is 1. The number of ketones is 1. The zero-order valence-electron chi connectivity index (χ0n) is 10.8. The predicted octanol–water partition coefficient (Wildman–Crippen LogP) is 1.81. The minimum Gasteiger partial charge on any atom is -0.377 e. The van der Waals surface area contributed by atoms with Gasteiger partial charge in [0.05, 0.1) is 17.5 Å². The number of carbonyl (C=O) groups is 1. The first-order valence-corrected chi connectivity index (χ1v) is 7.85. The van der Waals surface area contributed by atoms with E-state index < -0.39 is 10.0 Å². The quantitative estimate of drug-likeness (QED) is 0.836. The van der Waals surface area contributed by atoms with Crippen LogP contribution in [0.2, 0.25) is 0 Å². The van der Waals surface area contributed by atoms with Crippen LogP contribution >= 0.6 is 0 Å². The van der Waals surface area contributed by atoms with Gasteiger partial charge in [-0.3, -0.25) is 9.52 Å². The van der Waals surface area contributed by atoms with Crippen molar-refractivity contribution in [3.05, 3.63) is 29.8 Å². The summed E-state index contributed by atoms with van der Waals surface area (Å²) in [5.41, 5.74) is 0.700. The molecule has 0 radical (unpaired) electrons. The average molecular weight is 283 g/mol. The number of Topliss-reactive ketones (excluding diaryl/α,β-unsaturated/α-hetero) is 1. The monoisotopic (exact) mass is 283 g/mol. The lowest BCUT2D eigenvalue weighted by Crippen LogP contribution is -2.26. The Morgan fingerprint density at radius 1 is 1.42 bits per heavy atom. The third-order valence-corrected chi connectivity index (χ3v) is 4.34. The van der Waals surface area contributed by atoms with Crippen LogP contribution in [0.5, 0.6) is 0 Å². The van der Waals surface area contributed by atoms with Gasteiger partial charge < -0.3 is 4.74 Å². The van der Waals surface area contributed by atoms with Crippen molar-refractivity contribution in [2.24, 2.45) is 0 Å². The van der Waals surface area contributed by atoms with E-state index in [-0.39, 0.29) is 17.6 Å². The van der Waals surface area contributed by atoms with E-state index in [1.165, 1.54) is 6.92 Å². The van der Waals surface area contributed by atoms with Crippen molar-refractivity contribution in [1.29, 1.82) is 0 Å². The zero-order valence-corrected chi connectivity index (χ0v) is 11.6. The van der Waals surface area contributed by atoms with Gasteiger partial charge in [-0.05, 0) is 31.9 Å². The normalized spacial score (nSPS) is 19.3. The molecule has 1 atom stereocenters. The largest absolute Gasteiger partial charge is 0.377 e. The number of benzene rings is 1. The van der Waals surface area contributed by atoms with Crippen molar-refractivity contribution >= 4 is 21.5 Å². The first kappa shape index (κ1) is 14.0. The molecule has 2 rings (SSSR count). The summed E-state index contributed by atoms with van der Waals surface area (Å²) in [6.45, 7) is 2.03. The van der Waals surface area contributed by atoms with Crippen LogP contribution in [0.1, 0.15) is 30.1 Å². The first-order valence-electron chi connectivity index (χ1n) is 6.20. The number of hydrogen-bond donors (Lipinski definition) is 1. The first-order chi connectivity index (χ1) is 8.98. The summed E-state index contributed by atoms with van der Waals surface area (Å²) in [7, 11) is -3.50. The van der Waals surface area contributed by atoms with Gasteiger partial charge in [-0.25, -0.2) is 8.42 Å². The van der Waals surface area contributed by atoms with Crippen LogP contribution < -0.4 is 4.72 Å². The predicted molar refractivity (Wildman–Crippen MR) is 72.8 cm³/mol. The molecule has 0 bridgehead atoms. The zero-order chi connectivity index (χ0) is 13.9. The van der Waals surface area contributed by atoms with Crippen LogP contribution in [0.4, 0.5) is 5.69 Å². The Bertz CT molecular complexity index is 562. The molecule has 0 aromatic heterocycles. The maximum absolute atomic E-state index is 12.0. The third kappa shape index (κ3) is 3.78. The summed E-state index contributed by atoms with van der Waals surface area (Å²) in [5, 5.41) is 0. The smallest absolute Gasteiger partial charge is 0.235 e. The second-order valence-electron chi connectivity index (χ2n) is 4.62. The summed E-state index contributed by atoms with van der Waals surface area (Å²) in [6, 6.07) is 6.58. The molecule has 1 saturated heterocycles. The van der Waals surface area contributed by atoms with Crippen LogP contribution in [0.25, 0.3) is 0 Å². The maximum atomic E-state index is 12.0. The number of anilines is 1. The van der Waals surface area contributed by atoms with Gasteiger partial charge in [0.1, 0.15) is 0 Å². The van der Waals surface area contributed by atoms with Crippen molar-refractivity contribution in [3.63, 3.8) is 0 Å². The standard InChI is InChI=1S/C13H17NO4S/c1-10(15)12-6-2-3-7-13(12)14-19(16,17)9-11-5-4-8-18-11/h2-3,6-7,11,14H,4-5,8-9H2,1H3. The van der Waals surface area contributed by atoms with E-state index >= 15 is 0 Å². The Labute approximate surface area is 113 Å². The molecular formula is C13H17NO4S. The van der Waals surface area contributed by atoms with E-state index in [0.717, 1.165) is 12.8 Å². The van der Waals surface area contributed by atoms with Crippen LogP contribution in [0.3, 0.4) is 0 Å². The number of rotatable bonds is 5. The van der Waals surface area contributed by atoms with Crippen LogP contribution in [-0.4, -0.2) is 32.7 Å². The average Bonchev–Trinajstić information content (AvgIpc) is 2.80. The molecule has 1 aromatic rings. The molecule has 0 spiro atoms. The van der Waals surface area contributed by atoms with Crippen molar-refractivity contribution in [3.8, 4) is 0 Å². The van der Waals surface area contributed by atoms with Crippen molar-refractivity contribution in [2.75, 3.05) is 17.1 Å². The van der Waals surface area contributed by atoms with E-state index in [4.69, 9.17) is 4.74 Å². The SMILES string of the molecule is CC(=O)c1ccccc1NS(=O)(=O)CC1CCCO1. The molecule has 0 aliphatic carbocycles. The second kappa shape index (κ2) is 5.71. The van der Waals surface area contributed by atoms with E-state index in [9.17, 15) is 13.2 Å². The Morgan fingerprint density at radius 2 is 2.16 bits per heavy atom. The minimum absolute atomic E-state index is 0.0702. The molecule has 1 fully saturated rings. The second-order valence-corrected chi connectivity index (χ2v) is 6.39. The highest BCUT2D eigenvalue weighted by molar-refractivity contribution is 7.92. The molecule has 1 N–H and O–H groups in total. The molecular weight excluding hydrogens is 266 g/mol. The van der Waals surface area contributed by atoms with Crippen LogP contribution in [-0.2, 0) is 14.8 Å². The molecule has 104 valence electrons. The molecule has 5 nitrogen and oxygen atoms in total. The minimum atomic E-state index is -3.50. The molecule has 1 unspecified atom stereocenters. The number of ether oxygens (including phenoxy) is 1. The van der Waals surface area contributed by atoms with Gasteiger partial charge in [-0.2, -0.15) is 0 Å². The molecule has 1 heterocycles. The van der Waals surface area contributed by atoms with E-state index in [0.29, 0.717) is 17.9 Å². The molecule has 1 aliphatic heterocycles. The number of para-hydroxylation sites is 1. The lowest BCUT2D eigenvalue weighted by atomic mass is 10.1. The van der Waals surface area contributed by atoms with Crippen molar-refractivity contribution in [2.45, 2.75) is 25.9 Å². The molecule has 0 saturated carbocycles. The highest BCUT2D eigenvalue weighted by Crippen LogP contribution is 2.19. The number of sulfonamides is 1. The molecule has 1 aliphatic rings. The van der Waals surface area contributed by atoms with E-state index in [2.05, 4.69) is 4.72 Å². The molecule has 19 heavy (non-hydrogen) atoms. The molecule has 6 heteroatoms. The highest BCUT2D eigenvalue weighted by Gasteiger charge is 2.24. The van der Waals surface area contributed by atoms with Crippen LogP contribution in [0.15, 0.2) is 24.3 Å². The summed E-state index contributed by atoms with van der Waals surface area (Å²) < 4.78 is 31.8. The van der Waals surface area contributed by atoms with Crippen molar-refractivity contribution in [1.82, 2.24) is 0 Å². The van der Waals surface area contributed by atoms with Gasteiger partial charge in [0.2, 0.25) is 10.0 Å². The fourth-order valence-electron chi connectivity index (χ4n) is 2.11. The summed E-state index contributed by atoms with van der Waals surface area (Å²) in [5.74, 6) is -0.241. The molecule has 0 amide bonds. The number of hydrogen-bond acceptors (Lipinski definition) is 4. The Morgan fingerprint density at radius 3 is 2.79 bits per heavy atom. The maximum Gasteiger partial charge on any atom is 0.235 e. The van der Waals surface area contributed by atoms with Crippen LogP contribution in [0, 0.1) is 0 Å². The summed E-state index contributed by atoms with van der Waals surface area (Å²) >= 11 is 0. The van der Waals surface area contributed by atoms with E-state index in [1.807, 2.05) is 0 Å².